The molecule has 1 aromatic carbocycles. The summed E-state index contributed by atoms with van der Waals surface area (Å²) in [5, 5.41) is 0. The molecule has 0 bridgehead atoms. The van der Waals surface area contributed by atoms with Crippen molar-refractivity contribution in [2.75, 3.05) is 0 Å². The average molecular weight is 300 g/mol. The van der Waals surface area contributed by atoms with E-state index in [0.717, 1.165) is 6.07 Å². The third-order valence-corrected chi connectivity index (χ3v) is 2.87. The minimum absolute atomic E-state index is 0.0291. The van der Waals surface area contributed by atoms with Crippen LogP contribution in [0.25, 0.3) is 0 Å². The minimum atomic E-state index is -4.76. The van der Waals surface area contributed by atoms with Crippen molar-refractivity contribution in [2.45, 2.75) is 19.3 Å². The maximum Gasteiger partial charge on any atom is 0.573 e. The van der Waals surface area contributed by atoms with Crippen LogP contribution in [0.4, 0.5) is 17.6 Å². The minimum Gasteiger partial charge on any atom is -0.406 e. The number of ether oxygens (including phenoxy) is 1. The highest BCUT2D eigenvalue weighted by atomic mass is 19.4. The van der Waals surface area contributed by atoms with E-state index in [2.05, 4.69) is 9.72 Å². The number of nitrogens with two attached hydrogens (primary N) is 1. The fraction of sp³-hybridized carbons (Fsp3) is 0.214. The molecule has 1 aromatic heterocycles. The van der Waals surface area contributed by atoms with Crippen molar-refractivity contribution in [1.29, 1.82) is 0 Å². The predicted octanol–water partition coefficient (Wildman–Crippen LogP) is 3.48. The lowest BCUT2D eigenvalue weighted by Gasteiger charge is -2.16. The molecule has 1 unspecified atom stereocenters. The largest absolute Gasteiger partial charge is 0.573 e. The van der Waals surface area contributed by atoms with E-state index in [-0.39, 0.29) is 17.0 Å². The van der Waals surface area contributed by atoms with Crippen LogP contribution in [0.1, 0.15) is 22.9 Å². The van der Waals surface area contributed by atoms with E-state index in [1.807, 2.05) is 0 Å². The van der Waals surface area contributed by atoms with Gasteiger partial charge in [-0.05, 0) is 36.2 Å². The van der Waals surface area contributed by atoms with E-state index < -0.39 is 18.2 Å². The Labute approximate surface area is 118 Å². The van der Waals surface area contributed by atoms with Crippen molar-refractivity contribution < 1.29 is 22.3 Å². The number of benzene rings is 1. The summed E-state index contributed by atoms with van der Waals surface area (Å²) in [6, 6.07) is 5.70. The van der Waals surface area contributed by atoms with Gasteiger partial charge in [-0.15, -0.1) is 13.2 Å². The van der Waals surface area contributed by atoms with E-state index in [1.54, 1.807) is 0 Å². The van der Waals surface area contributed by atoms with Gasteiger partial charge >= 0.3 is 6.36 Å². The van der Waals surface area contributed by atoms with Gasteiger partial charge in [-0.3, -0.25) is 4.98 Å². The van der Waals surface area contributed by atoms with Crippen molar-refractivity contribution in [1.82, 2.24) is 4.98 Å². The molecule has 0 aliphatic carbocycles. The second kappa shape index (κ2) is 5.69. The summed E-state index contributed by atoms with van der Waals surface area (Å²) < 4.78 is 54.1. The van der Waals surface area contributed by atoms with E-state index in [4.69, 9.17) is 5.73 Å². The number of pyridine rings is 1. The maximum absolute atomic E-state index is 13.6. The van der Waals surface area contributed by atoms with Crippen LogP contribution in [0.15, 0.2) is 36.5 Å². The molecule has 0 fully saturated rings. The van der Waals surface area contributed by atoms with Gasteiger partial charge in [-0.1, -0.05) is 12.1 Å². The number of aryl methyl sites for hydroxylation is 1. The van der Waals surface area contributed by atoms with Crippen LogP contribution in [0, 0.1) is 12.7 Å². The molecule has 0 amide bonds. The van der Waals surface area contributed by atoms with Crippen molar-refractivity contribution in [2.24, 2.45) is 5.73 Å². The normalized spacial score (nSPS) is 13.0. The Hall–Kier alpha value is -2.15. The lowest BCUT2D eigenvalue weighted by Crippen LogP contribution is -2.19. The zero-order chi connectivity index (χ0) is 15.6. The average Bonchev–Trinajstić information content (AvgIpc) is 2.39. The number of aromatic nitrogens is 1. The highest BCUT2D eigenvalue weighted by Gasteiger charge is 2.31. The molecule has 112 valence electrons. The van der Waals surface area contributed by atoms with Gasteiger partial charge in [-0.2, -0.15) is 0 Å². The van der Waals surface area contributed by atoms with Gasteiger partial charge in [-0.25, -0.2) is 4.39 Å². The van der Waals surface area contributed by atoms with E-state index in [1.165, 1.54) is 37.4 Å². The van der Waals surface area contributed by atoms with Crippen molar-refractivity contribution in [3.05, 3.63) is 59.2 Å². The number of hydrogen-bond acceptors (Lipinski definition) is 3. The van der Waals surface area contributed by atoms with E-state index in [0.29, 0.717) is 5.56 Å². The first kappa shape index (κ1) is 15.2. The molecule has 0 radical (unpaired) electrons. The fourth-order valence-corrected chi connectivity index (χ4v) is 1.89. The second-order valence-electron chi connectivity index (χ2n) is 4.42. The molecule has 2 rings (SSSR count). The Balaban J connectivity index is 2.30. The van der Waals surface area contributed by atoms with Crippen molar-refractivity contribution in [3.63, 3.8) is 0 Å². The van der Waals surface area contributed by atoms with Crippen molar-refractivity contribution in [3.8, 4) is 5.75 Å². The molecule has 0 saturated carbocycles. The number of hydrogen-bond donors (Lipinski definition) is 1. The Bertz CT molecular complexity index is 643. The zero-order valence-electron chi connectivity index (χ0n) is 11.0. The van der Waals surface area contributed by atoms with Gasteiger partial charge in [0.25, 0.3) is 0 Å². The summed E-state index contributed by atoms with van der Waals surface area (Å²) in [6.07, 6.45) is -3.37. The first-order chi connectivity index (χ1) is 9.78. The second-order valence-corrected chi connectivity index (χ2v) is 4.42. The molecule has 2 N–H and O–H groups in total. The number of halogens is 4. The van der Waals surface area contributed by atoms with Crippen LogP contribution in [-0.4, -0.2) is 11.3 Å². The SMILES string of the molecule is Cc1cc(C(N)c2ncccc2F)ccc1OC(F)(F)F. The number of nitrogens with zero attached hydrogens (tertiary/aromatic N) is 1. The molecule has 0 aliphatic heterocycles. The monoisotopic (exact) mass is 300 g/mol. The van der Waals surface area contributed by atoms with Gasteiger partial charge in [0.15, 0.2) is 0 Å². The standard InChI is InChI=1S/C14H12F4N2O/c1-8-7-9(4-5-11(8)21-14(16,17)18)12(19)13-10(15)3-2-6-20-13/h2-7,12H,19H2,1H3. The lowest BCUT2D eigenvalue weighted by molar-refractivity contribution is -0.274. The number of rotatable bonds is 3. The van der Waals surface area contributed by atoms with Crippen LogP contribution in [0.5, 0.6) is 5.75 Å². The fourth-order valence-electron chi connectivity index (χ4n) is 1.89. The Morgan fingerprint density at radius 3 is 2.52 bits per heavy atom. The summed E-state index contributed by atoms with van der Waals surface area (Å²) in [5.74, 6) is -0.891. The number of alkyl halides is 3. The smallest absolute Gasteiger partial charge is 0.406 e. The van der Waals surface area contributed by atoms with Gasteiger partial charge in [0.05, 0.1) is 11.7 Å². The maximum atomic E-state index is 13.6. The molecular formula is C14H12F4N2O. The predicted molar refractivity (Wildman–Crippen MR) is 68.1 cm³/mol. The van der Waals surface area contributed by atoms with Gasteiger partial charge in [0.2, 0.25) is 0 Å². The molecule has 21 heavy (non-hydrogen) atoms. The summed E-state index contributed by atoms with van der Waals surface area (Å²) in [4.78, 5) is 3.85. The molecule has 2 aromatic rings. The summed E-state index contributed by atoms with van der Waals surface area (Å²) >= 11 is 0. The first-order valence-electron chi connectivity index (χ1n) is 6.00. The van der Waals surface area contributed by atoms with Crippen LogP contribution in [0.3, 0.4) is 0 Å². The summed E-state index contributed by atoms with van der Waals surface area (Å²) in [7, 11) is 0. The van der Waals surface area contributed by atoms with E-state index in [9.17, 15) is 17.6 Å². The third kappa shape index (κ3) is 3.69. The molecule has 7 heteroatoms. The Kier molecular flexibility index (Phi) is 4.13. The summed E-state index contributed by atoms with van der Waals surface area (Å²) in [6.45, 7) is 1.45. The van der Waals surface area contributed by atoms with Crippen molar-refractivity contribution >= 4 is 0 Å². The highest BCUT2D eigenvalue weighted by Crippen LogP contribution is 2.29. The third-order valence-electron chi connectivity index (χ3n) is 2.87. The van der Waals surface area contributed by atoms with Crippen LogP contribution >= 0.6 is 0 Å². The Morgan fingerprint density at radius 2 is 1.95 bits per heavy atom. The molecule has 0 aliphatic rings. The zero-order valence-corrected chi connectivity index (χ0v) is 11.0. The molecule has 3 nitrogen and oxygen atoms in total. The topological polar surface area (TPSA) is 48.1 Å². The molecule has 1 heterocycles. The molecule has 1 atom stereocenters. The molecule has 0 spiro atoms. The lowest BCUT2D eigenvalue weighted by atomic mass is 10.0. The summed E-state index contributed by atoms with van der Waals surface area (Å²) in [5.41, 5.74) is 6.62. The van der Waals surface area contributed by atoms with Crippen LogP contribution in [-0.2, 0) is 0 Å². The van der Waals surface area contributed by atoms with Gasteiger partial charge in [0, 0.05) is 6.20 Å². The Morgan fingerprint density at radius 1 is 1.24 bits per heavy atom. The first-order valence-corrected chi connectivity index (χ1v) is 6.00. The van der Waals surface area contributed by atoms with E-state index >= 15 is 0 Å². The van der Waals surface area contributed by atoms with Gasteiger partial charge in [0.1, 0.15) is 11.6 Å². The molecule has 0 saturated heterocycles. The quantitative estimate of drug-likeness (QED) is 0.883. The van der Waals surface area contributed by atoms with Gasteiger partial charge < -0.3 is 10.5 Å². The van der Waals surface area contributed by atoms with Crippen LogP contribution < -0.4 is 10.5 Å². The highest BCUT2D eigenvalue weighted by molar-refractivity contribution is 5.39. The van der Waals surface area contributed by atoms with Crippen LogP contribution in [0.2, 0.25) is 0 Å². The molecular weight excluding hydrogens is 288 g/mol.